The van der Waals surface area contributed by atoms with Gasteiger partial charge in [-0.15, -0.1) is 0 Å². The monoisotopic (exact) mass is 542 g/mol. The predicted molar refractivity (Wildman–Crippen MR) is 172 cm³/mol. The minimum absolute atomic E-state index is 0.771. The molecule has 0 aliphatic heterocycles. The van der Waals surface area contributed by atoms with Crippen molar-refractivity contribution in [2.45, 2.75) is 25.7 Å². The smallest absolute Gasteiger partial charge is 0.119 e. The van der Waals surface area contributed by atoms with Gasteiger partial charge in [0.05, 0.1) is 68.6 Å². The molecule has 3 rings (SSSR count). The van der Waals surface area contributed by atoms with Crippen LogP contribution in [0.3, 0.4) is 0 Å². The number of unbranched alkanes of at least 4 members (excludes halogenated alkanes) is 2. The van der Waals surface area contributed by atoms with Crippen LogP contribution < -0.4 is 9.47 Å². The van der Waals surface area contributed by atoms with E-state index in [1.807, 2.05) is 0 Å². The van der Waals surface area contributed by atoms with Crippen LogP contribution in [0.1, 0.15) is 47.9 Å². The van der Waals surface area contributed by atoms with Crippen molar-refractivity contribution in [3.63, 3.8) is 0 Å². The van der Waals surface area contributed by atoms with Gasteiger partial charge in [0.1, 0.15) is 11.5 Å². The first-order valence-electron chi connectivity index (χ1n) is 14.6. The molecule has 0 saturated heterocycles. The molecule has 0 atom stereocenters. The van der Waals surface area contributed by atoms with E-state index in [2.05, 4.69) is 139 Å². The Morgan fingerprint density at radius 2 is 0.700 bits per heavy atom. The van der Waals surface area contributed by atoms with Gasteiger partial charge in [-0.05, 0) is 72.2 Å². The van der Waals surface area contributed by atoms with Crippen molar-refractivity contribution in [1.29, 1.82) is 0 Å². The lowest BCUT2D eigenvalue weighted by molar-refractivity contribution is -0.870. The molecule has 4 nitrogen and oxygen atoms in total. The summed E-state index contributed by atoms with van der Waals surface area (Å²) in [6, 6.07) is 25.3. The van der Waals surface area contributed by atoms with Crippen molar-refractivity contribution in [2.24, 2.45) is 0 Å². The summed E-state index contributed by atoms with van der Waals surface area (Å²) in [6.45, 7) is 3.89. The minimum Gasteiger partial charge on any atom is -0.494 e. The number of quaternary nitrogens is 2. The molecule has 3 aromatic carbocycles. The fourth-order valence-corrected chi connectivity index (χ4v) is 4.21. The molecule has 3 aromatic rings. The number of hydrogen-bond donors (Lipinski definition) is 0. The molecule has 0 bridgehead atoms. The van der Waals surface area contributed by atoms with E-state index < -0.39 is 0 Å². The molecule has 40 heavy (non-hydrogen) atoms. The van der Waals surface area contributed by atoms with Gasteiger partial charge in [-0.25, -0.2) is 0 Å². The Hall–Kier alpha value is -3.34. The molecule has 0 N–H and O–H groups in total. The van der Waals surface area contributed by atoms with Crippen molar-refractivity contribution < 1.29 is 18.4 Å². The summed E-state index contributed by atoms with van der Waals surface area (Å²) in [5, 5.41) is 0. The van der Waals surface area contributed by atoms with Gasteiger partial charge in [-0.1, -0.05) is 72.8 Å². The summed E-state index contributed by atoms with van der Waals surface area (Å²) in [7, 11) is 13.4. The molecule has 0 spiro atoms. The summed E-state index contributed by atoms with van der Waals surface area (Å²) in [5.74, 6) is 1.87. The first-order chi connectivity index (χ1) is 19.1. The van der Waals surface area contributed by atoms with Crippen LogP contribution in [0.5, 0.6) is 11.5 Å². The van der Waals surface area contributed by atoms with Gasteiger partial charge in [0.2, 0.25) is 0 Å². The van der Waals surface area contributed by atoms with Crippen LogP contribution in [0.15, 0.2) is 72.8 Å². The lowest BCUT2D eigenvalue weighted by atomic mass is 10.1. The second kappa shape index (κ2) is 15.4. The standard InChI is InChI=1S/C36H50N2O2/c1-37(2,3)27-7-9-29-39-35-23-19-33(20-24-35)17-15-31-11-13-32(14-12-31)16-18-34-21-25-36(26-22-34)40-30-10-8-28-38(4,5)6/h11-26H,7-10,27-30H2,1-6H3/q+2/b17-15+,18-16+. The Bertz CT molecular complexity index is 1080. The van der Waals surface area contributed by atoms with E-state index in [1.165, 1.54) is 37.1 Å². The highest BCUT2D eigenvalue weighted by molar-refractivity contribution is 5.73. The van der Waals surface area contributed by atoms with E-state index in [-0.39, 0.29) is 0 Å². The van der Waals surface area contributed by atoms with Crippen molar-refractivity contribution in [3.05, 3.63) is 95.1 Å². The van der Waals surface area contributed by atoms with E-state index in [0.717, 1.165) is 57.6 Å². The first kappa shape index (κ1) is 31.2. The zero-order chi connectivity index (χ0) is 28.8. The largest absolute Gasteiger partial charge is 0.494 e. The Morgan fingerprint density at radius 1 is 0.425 bits per heavy atom. The summed E-state index contributed by atoms with van der Waals surface area (Å²) >= 11 is 0. The molecule has 0 aromatic heterocycles. The minimum atomic E-state index is 0.771. The summed E-state index contributed by atoms with van der Waals surface area (Å²) in [4.78, 5) is 0. The van der Waals surface area contributed by atoms with Crippen LogP contribution in [0, 0.1) is 0 Å². The maximum atomic E-state index is 5.90. The van der Waals surface area contributed by atoms with E-state index in [1.54, 1.807) is 0 Å². The Kier molecular flexibility index (Phi) is 12.0. The number of benzene rings is 3. The molecule has 0 fully saturated rings. The maximum absolute atomic E-state index is 5.90. The lowest BCUT2D eigenvalue weighted by Crippen LogP contribution is -2.35. The van der Waals surface area contributed by atoms with Gasteiger partial charge < -0.3 is 18.4 Å². The number of ether oxygens (including phenoxy) is 2. The molecular formula is C36H50N2O2+2. The van der Waals surface area contributed by atoms with Crippen LogP contribution in [-0.4, -0.2) is 77.6 Å². The van der Waals surface area contributed by atoms with Gasteiger partial charge in [0.15, 0.2) is 0 Å². The Labute approximate surface area is 243 Å². The van der Waals surface area contributed by atoms with Gasteiger partial charge in [-0.3, -0.25) is 0 Å². The van der Waals surface area contributed by atoms with Crippen LogP contribution in [0.2, 0.25) is 0 Å². The molecule has 0 heterocycles. The van der Waals surface area contributed by atoms with E-state index in [4.69, 9.17) is 9.47 Å². The zero-order valence-corrected chi connectivity index (χ0v) is 25.6. The SMILES string of the molecule is C[N+](C)(C)CCCCOc1ccc(/C=C/c2ccc(/C=C/c3ccc(OCCCC[N+](C)(C)C)cc3)cc2)cc1. The highest BCUT2D eigenvalue weighted by atomic mass is 16.5. The van der Waals surface area contributed by atoms with Crippen molar-refractivity contribution >= 4 is 24.3 Å². The second-order valence-electron chi connectivity index (χ2n) is 12.6. The van der Waals surface area contributed by atoms with Crippen LogP contribution in [0.25, 0.3) is 24.3 Å². The topological polar surface area (TPSA) is 18.5 Å². The third-order valence-corrected chi connectivity index (χ3v) is 6.62. The number of hydrogen-bond acceptors (Lipinski definition) is 2. The molecule has 0 amide bonds. The molecule has 0 aliphatic carbocycles. The lowest BCUT2D eigenvalue weighted by Gasteiger charge is -2.23. The number of nitrogens with zero attached hydrogens (tertiary/aromatic N) is 2. The second-order valence-corrected chi connectivity index (χ2v) is 12.6. The summed E-state index contributed by atoms with van der Waals surface area (Å²) in [6.07, 6.45) is 13.1. The fourth-order valence-electron chi connectivity index (χ4n) is 4.21. The molecular weight excluding hydrogens is 492 g/mol. The summed E-state index contributed by atoms with van der Waals surface area (Å²) < 4.78 is 13.8. The first-order valence-corrected chi connectivity index (χ1v) is 14.6. The number of rotatable bonds is 16. The van der Waals surface area contributed by atoms with Crippen LogP contribution in [0.4, 0.5) is 0 Å². The van der Waals surface area contributed by atoms with Gasteiger partial charge in [-0.2, -0.15) is 0 Å². The fraction of sp³-hybridized carbons (Fsp3) is 0.389. The van der Waals surface area contributed by atoms with Crippen molar-refractivity contribution in [2.75, 3.05) is 68.6 Å². The quantitative estimate of drug-likeness (QED) is 0.105. The molecule has 0 aliphatic rings. The third-order valence-electron chi connectivity index (χ3n) is 6.62. The molecule has 4 heteroatoms. The molecule has 0 saturated carbocycles. The van der Waals surface area contributed by atoms with Crippen molar-refractivity contribution in [1.82, 2.24) is 0 Å². The average molecular weight is 543 g/mol. The van der Waals surface area contributed by atoms with Crippen LogP contribution >= 0.6 is 0 Å². The highest BCUT2D eigenvalue weighted by Crippen LogP contribution is 2.18. The molecule has 0 unspecified atom stereocenters. The average Bonchev–Trinajstić information content (AvgIpc) is 2.91. The summed E-state index contributed by atoms with van der Waals surface area (Å²) in [5.41, 5.74) is 4.69. The predicted octanol–water partition coefficient (Wildman–Crippen LogP) is 7.76. The maximum Gasteiger partial charge on any atom is 0.119 e. The third kappa shape index (κ3) is 13.1. The van der Waals surface area contributed by atoms with Crippen LogP contribution in [-0.2, 0) is 0 Å². The van der Waals surface area contributed by atoms with Gasteiger partial charge >= 0.3 is 0 Å². The van der Waals surface area contributed by atoms with Gasteiger partial charge in [0, 0.05) is 0 Å². The Morgan fingerprint density at radius 3 is 0.975 bits per heavy atom. The van der Waals surface area contributed by atoms with E-state index in [9.17, 15) is 0 Å². The highest BCUT2D eigenvalue weighted by Gasteiger charge is 2.06. The van der Waals surface area contributed by atoms with Crippen molar-refractivity contribution in [3.8, 4) is 11.5 Å². The zero-order valence-electron chi connectivity index (χ0n) is 25.6. The van der Waals surface area contributed by atoms with E-state index >= 15 is 0 Å². The molecule has 214 valence electrons. The van der Waals surface area contributed by atoms with E-state index in [0.29, 0.717) is 0 Å². The normalized spacial score (nSPS) is 12.3. The van der Waals surface area contributed by atoms with Gasteiger partial charge in [0.25, 0.3) is 0 Å². The Balaban J connectivity index is 1.40. The molecule has 0 radical (unpaired) electrons.